The molecule has 1 aromatic rings. The maximum atomic E-state index is 13.3. The molecule has 0 atom stereocenters. The summed E-state index contributed by atoms with van der Waals surface area (Å²) in [6, 6.07) is 3.38. The summed E-state index contributed by atoms with van der Waals surface area (Å²) in [6.45, 7) is 0. The first-order valence-electron chi connectivity index (χ1n) is 3.45. The molecule has 0 spiro atoms. The van der Waals surface area contributed by atoms with Crippen LogP contribution in [-0.4, -0.2) is 5.91 Å². The van der Waals surface area contributed by atoms with Crippen LogP contribution in [0.3, 0.4) is 0 Å². The number of nitrogens with one attached hydrogen (secondary N) is 1. The number of anilines is 1. The Labute approximate surface area is 82.3 Å². The Balaban J connectivity index is 2.61. The van der Waals surface area contributed by atoms with E-state index in [9.17, 15) is 9.18 Å². The molecule has 1 aliphatic rings. The molecule has 0 aromatic heterocycles. The topological polar surface area (TPSA) is 29.1 Å². The predicted molar refractivity (Wildman–Crippen MR) is 51.5 cm³/mol. The van der Waals surface area contributed by atoms with Gasteiger partial charge >= 0.3 is 0 Å². The second-order valence-corrected chi connectivity index (χ2v) is 3.77. The van der Waals surface area contributed by atoms with E-state index in [0.29, 0.717) is 14.8 Å². The zero-order valence-corrected chi connectivity index (χ0v) is 8.18. The Morgan fingerprint density at radius 3 is 3.00 bits per heavy atom. The van der Waals surface area contributed by atoms with Crippen molar-refractivity contribution in [1.82, 2.24) is 0 Å². The van der Waals surface area contributed by atoms with Crippen molar-refractivity contribution in [2.24, 2.45) is 0 Å². The van der Waals surface area contributed by atoms with Crippen LogP contribution in [0.1, 0.15) is 5.56 Å². The van der Waals surface area contributed by atoms with E-state index in [1.54, 1.807) is 12.1 Å². The minimum Gasteiger partial charge on any atom is -0.325 e. The molecule has 0 bridgehead atoms. The van der Waals surface area contributed by atoms with Crippen molar-refractivity contribution >= 4 is 34.2 Å². The number of carbonyl (C=O) groups excluding carboxylic acids is 1. The number of hydrogen-bond acceptors (Lipinski definition) is 1. The molecule has 12 heavy (non-hydrogen) atoms. The molecule has 0 saturated heterocycles. The minimum atomic E-state index is -0.272. The highest BCUT2D eigenvalue weighted by Gasteiger charge is 2.22. The molecule has 2 rings (SSSR count). The number of benzene rings is 1. The van der Waals surface area contributed by atoms with E-state index >= 15 is 0 Å². The molecular formula is C8H5FINO. The third-order valence-corrected chi connectivity index (χ3v) is 2.64. The van der Waals surface area contributed by atoms with Gasteiger partial charge in [0.2, 0.25) is 5.91 Å². The van der Waals surface area contributed by atoms with Crippen LogP contribution in [0, 0.1) is 9.39 Å². The van der Waals surface area contributed by atoms with E-state index in [-0.39, 0.29) is 18.1 Å². The van der Waals surface area contributed by atoms with Crippen molar-refractivity contribution in [1.29, 1.82) is 0 Å². The molecule has 1 amide bonds. The van der Waals surface area contributed by atoms with Gasteiger partial charge in [0.25, 0.3) is 0 Å². The minimum absolute atomic E-state index is 0.133. The first-order chi connectivity index (χ1) is 5.68. The smallest absolute Gasteiger partial charge is 0.228 e. The van der Waals surface area contributed by atoms with Gasteiger partial charge < -0.3 is 5.32 Å². The number of hydrogen-bond donors (Lipinski definition) is 1. The second kappa shape index (κ2) is 2.69. The van der Waals surface area contributed by atoms with Crippen LogP contribution in [0.2, 0.25) is 0 Å². The summed E-state index contributed by atoms with van der Waals surface area (Å²) in [5, 5.41) is 2.58. The van der Waals surface area contributed by atoms with E-state index < -0.39 is 0 Å². The summed E-state index contributed by atoms with van der Waals surface area (Å²) in [5.41, 5.74) is 1.10. The van der Waals surface area contributed by atoms with Crippen LogP contribution in [0.15, 0.2) is 12.1 Å². The van der Waals surface area contributed by atoms with E-state index in [0.717, 1.165) is 0 Å². The highest BCUT2D eigenvalue weighted by Crippen LogP contribution is 2.28. The van der Waals surface area contributed by atoms with Gasteiger partial charge in [-0.3, -0.25) is 4.79 Å². The molecule has 0 unspecified atom stereocenters. The first-order valence-corrected chi connectivity index (χ1v) is 4.53. The molecule has 0 radical (unpaired) electrons. The third kappa shape index (κ3) is 1.10. The Hall–Kier alpha value is -0.650. The third-order valence-electron chi connectivity index (χ3n) is 1.81. The Kier molecular flexibility index (Phi) is 1.79. The van der Waals surface area contributed by atoms with Crippen LogP contribution in [0.4, 0.5) is 10.1 Å². The predicted octanol–water partition coefficient (Wildman–Crippen LogP) is 1.92. The highest BCUT2D eigenvalue weighted by atomic mass is 127. The van der Waals surface area contributed by atoms with Gasteiger partial charge in [-0.05, 0) is 34.7 Å². The van der Waals surface area contributed by atoms with Crippen molar-refractivity contribution in [2.45, 2.75) is 6.42 Å². The molecule has 62 valence electrons. The van der Waals surface area contributed by atoms with Gasteiger partial charge in [-0.1, -0.05) is 0 Å². The number of carbonyl (C=O) groups is 1. The normalized spacial score (nSPS) is 14.3. The molecule has 1 aromatic carbocycles. The summed E-state index contributed by atoms with van der Waals surface area (Å²) >= 11 is 1.91. The van der Waals surface area contributed by atoms with Gasteiger partial charge in [0.1, 0.15) is 5.82 Å². The summed E-state index contributed by atoms with van der Waals surface area (Å²) < 4.78 is 13.8. The SMILES string of the molecule is O=C1Cc2c(ccc(I)c2F)N1. The van der Waals surface area contributed by atoms with Crippen molar-refractivity contribution in [3.05, 3.63) is 27.1 Å². The number of rotatable bonds is 0. The van der Waals surface area contributed by atoms with Crippen LogP contribution >= 0.6 is 22.6 Å². The van der Waals surface area contributed by atoms with Crippen LogP contribution in [0.25, 0.3) is 0 Å². The van der Waals surface area contributed by atoms with E-state index in [4.69, 9.17) is 0 Å². The molecule has 0 fully saturated rings. The lowest BCUT2D eigenvalue weighted by Gasteiger charge is -2.00. The fourth-order valence-corrected chi connectivity index (χ4v) is 1.74. The Bertz CT molecular complexity index is 364. The van der Waals surface area contributed by atoms with Crippen molar-refractivity contribution in [3.8, 4) is 0 Å². The molecule has 0 saturated carbocycles. The fourth-order valence-electron chi connectivity index (χ4n) is 1.24. The van der Waals surface area contributed by atoms with Crippen LogP contribution < -0.4 is 5.32 Å². The second-order valence-electron chi connectivity index (χ2n) is 2.61. The molecule has 2 nitrogen and oxygen atoms in total. The van der Waals surface area contributed by atoms with Gasteiger partial charge in [-0.2, -0.15) is 0 Å². The Morgan fingerprint density at radius 1 is 1.50 bits per heavy atom. The molecule has 4 heteroatoms. The fraction of sp³-hybridized carbons (Fsp3) is 0.125. The number of fused-ring (bicyclic) bond motifs is 1. The highest BCUT2D eigenvalue weighted by molar-refractivity contribution is 14.1. The Morgan fingerprint density at radius 2 is 2.25 bits per heavy atom. The van der Waals surface area contributed by atoms with E-state index in [1.807, 2.05) is 22.6 Å². The molecule has 1 aliphatic heterocycles. The first kappa shape index (κ1) is 7.97. The van der Waals surface area contributed by atoms with Crippen molar-refractivity contribution in [2.75, 3.05) is 5.32 Å². The average Bonchev–Trinajstić information content (AvgIpc) is 2.39. The summed E-state index contributed by atoms with van der Waals surface area (Å²) in [4.78, 5) is 10.9. The monoisotopic (exact) mass is 277 g/mol. The van der Waals surface area contributed by atoms with Crippen LogP contribution in [0.5, 0.6) is 0 Å². The van der Waals surface area contributed by atoms with Gasteiger partial charge in [-0.25, -0.2) is 4.39 Å². The maximum Gasteiger partial charge on any atom is 0.228 e. The number of amides is 1. The zero-order chi connectivity index (χ0) is 8.72. The average molecular weight is 277 g/mol. The lowest BCUT2D eigenvalue weighted by molar-refractivity contribution is -0.115. The lowest BCUT2D eigenvalue weighted by atomic mass is 10.1. The van der Waals surface area contributed by atoms with Gasteiger partial charge in [0, 0.05) is 14.8 Å². The quantitative estimate of drug-likeness (QED) is 0.721. The molecule has 0 aliphatic carbocycles. The standard InChI is InChI=1S/C8H5FINO/c9-8-4-3-7(12)11-6(4)2-1-5(8)10/h1-2H,3H2,(H,11,12). The van der Waals surface area contributed by atoms with Crippen LogP contribution in [-0.2, 0) is 11.2 Å². The summed E-state index contributed by atoms with van der Waals surface area (Å²) in [7, 11) is 0. The maximum absolute atomic E-state index is 13.3. The van der Waals surface area contributed by atoms with Gasteiger partial charge in [0.05, 0.1) is 6.42 Å². The number of halogens is 2. The van der Waals surface area contributed by atoms with Gasteiger partial charge in [0.15, 0.2) is 0 Å². The summed E-state index contributed by atoms with van der Waals surface area (Å²) in [6.07, 6.45) is 0.165. The van der Waals surface area contributed by atoms with Gasteiger partial charge in [-0.15, -0.1) is 0 Å². The zero-order valence-electron chi connectivity index (χ0n) is 6.03. The lowest BCUT2D eigenvalue weighted by Crippen LogP contribution is -2.03. The van der Waals surface area contributed by atoms with Crippen molar-refractivity contribution in [3.63, 3.8) is 0 Å². The van der Waals surface area contributed by atoms with E-state index in [1.165, 1.54) is 0 Å². The molecule has 1 heterocycles. The van der Waals surface area contributed by atoms with Crippen molar-refractivity contribution < 1.29 is 9.18 Å². The van der Waals surface area contributed by atoms with E-state index in [2.05, 4.69) is 5.32 Å². The summed E-state index contributed by atoms with van der Waals surface area (Å²) in [5.74, 6) is -0.405. The molecule has 1 N–H and O–H groups in total. The molecular weight excluding hydrogens is 272 g/mol. The largest absolute Gasteiger partial charge is 0.325 e.